The fourth-order valence-electron chi connectivity index (χ4n) is 2.85. The molecule has 4 rings (SSSR count). The first-order chi connectivity index (χ1) is 12.2. The van der Waals surface area contributed by atoms with E-state index >= 15 is 0 Å². The Morgan fingerprint density at radius 2 is 0.960 bits per heavy atom. The molecule has 2 aliphatic rings. The highest BCUT2D eigenvalue weighted by Crippen LogP contribution is 2.27. The summed E-state index contributed by atoms with van der Waals surface area (Å²) in [5, 5.41) is 0. The summed E-state index contributed by atoms with van der Waals surface area (Å²) in [5.74, 6) is -0.261. The molecule has 2 aliphatic heterocycles. The van der Waals surface area contributed by atoms with Crippen molar-refractivity contribution in [3.63, 3.8) is 0 Å². The molecule has 2 heterocycles. The number of nitrogens with zero attached hydrogens (tertiary/aromatic N) is 2. The molecule has 0 aliphatic carbocycles. The zero-order valence-electron chi connectivity index (χ0n) is 13.3. The first-order valence-corrected chi connectivity index (χ1v) is 7.89. The van der Waals surface area contributed by atoms with Crippen molar-refractivity contribution in [1.82, 2.24) is 0 Å². The van der Waals surface area contributed by atoms with E-state index in [1.54, 1.807) is 22.0 Å². The maximum atomic E-state index is 12.2. The molecule has 2 aromatic rings. The molecule has 4 nitrogen and oxygen atoms in total. The van der Waals surface area contributed by atoms with Gasteiger partial charge in [-0.05, 0) is 36.4 Å². The number of anilines is 2. The van der Waals surface area contributed by atoms with Crippen molar-refractivity contribution in [3.05, 3.63) is 102 Å². The molecule has 0 radical (unpaired) electrons. The number of rotatable bonds is 2. The predicted octanol–water partition coefficient (Wildman–Crippen LogP) is 3.56. The fraction of sp³-hybridized carbons (Fsp3) is 0. The molecule has 0 fully saturated rings. The van der Waals surface area contributed by atoms with Crippen LogP contribution in [0.25, 0.3) is 0 Å². The lowest BCUT2D eigenvalue weighted by atomic mass is 10.2. The average molecular weight is 326 g/mol. The molecule has 2 amide bonds. The van der Waals surface area contributed by atoms with Gasteiger partial charge in [-0.3, -0.25) is 19.4 Å². The topological polar surface area (TPSA) is 40.6 Å². The number of benzene rings is 2. The highest BCUT2D eigenvalue weighted by molar-refractivity contribution is 6.09. The molecule has 0 atom stereocenters. The van der Waals surface area contributed by atoms with Crippen LogP contribution in [0, 0.1) is 0 Å². The minimum Gasteiger partial charge on any atom is -0.270 e. The molecule has 120 valence electrons. The average Bonchev–Trinajstić information content (AvgIpc) is 3.19. The van der Waals surface area contributed by atoms with Gasteiger partial charge in [0.25, 0.3) is 11.8 Å². The molecule has 0 N–H and O–H groups in total. The Morgan fingerprint density at radius 1 is 0.560 bits per heavy atom. The molecule has 0 bridgehead atoms. The van der Waals surface area contributed by atoms with E-state index in [9.17, 15) is 9.59 Å². The highest BCUT2D eigenvalue weighted by Gasteiger charge is 2.25. The van der Waals surface area contributed by atoms with Gasteiger partial charge in [0, 0.05) is 23.5 Å². The molecular weight excluding hydrogens is 312 g/mol. The van der Waals surface area contributed by atoms with Gasteiger partial charge in [0.2, 0.25) is 0 Å². The Morgan fingerprint density at radius 3 is 1.36 bits per heavy atom. The van der Waals surface area contributed by atoms with Crippen molar-refractivity contribution < 1.29 is 9.59 Å². The molecular formula is C21H14N2O2. The van der Waals surface area contributed by atoms with E-state index in [2.05, 4.69) is 5.73 Å². The first-order valence-electron chi connectivity index (χ1n) is 7.89. The van der Waals surface area contributed by atoms with Crippen LogP contribution in [-0.2, 0) is 9.59 Å². The quantitative estimate of drug-likeness (QED) is 0.792. The largest absolute Gasteiger partial charge is 0.270 e. The molecule has 0 aromatic heterocycles. The Hall–Kier alpha value is -3.62. The van der Waals surface area contributed by atoms with Crippen molar-refractivity contribution in [3.8, 4) is 0 Å². The number of amides is 2. The Kier molecular flexibility index (Phi) is 3.65. The standard InChI is InChI=1S/C21H14N2O2/c24-20-13-11-18(22(20)16-7-3-1-4-8-16)15-19-12-14-21(25)23(19)17-9-5-2-6-10-17/h1-14H. The number of carbonyl (C=O) groups is 2. The van der Waals surface area contributed by atoms with E-state index in [0.29, 0.717) is 11.4 Å². The van der Waals surface area contributed by atoms with Crippen LogP contribution >= 0.6 is 0 Å². The zero-order chi connectivity index (χ0) is 17.2. The second-order valence-electron chi connectivity index (χ2n) is 5.58. The van der Waals surface area contributed by atoms with Gasteiger partial charge in [-0.25, -0.2) is 0 Å². The van der Waals surface area contributed by atoms with Gasteiger partial charge in [-0.1, -0.05) is 42.1 Å². The number of carbonyl (C=O) groups excluding carboxylic acids is 2. The molecule has 0 saturated heterocycles. The maximum absolute atomic E-state index is 12.2. The summed E-state index contributed by atoms with van der Waals surface area (Å²) in [6, 6.07) is 18.8. The second-order valence-corrected chi connectivity index (χ2v) is 5.58. The Balaban J connectivity index is 1.82. The number of allylic oxidation sites excluding steroid dienone is 1. The lowest BCUT2D eigenvalue weighted by Crippen LogP contribution is -2.24. The van der Waals surface area contributed by atoms with Crippen molar-refractivity contribution in [2.24, 2.45) is 0 Å². The first kappa shape index (κ1) is 14.9. The van der Waals surface area contributed by atoms with Crippen LogP contribution in [-0.4, -0.2) is 11.8 Å². The minimum absolute atomic E-state index is 0.131. The van der Waals surface area contributed by atoms with Crippen LogP contribution in [0.2, 0.25) is 0 Å². The van der Waals surface area contributed by atoms with Crippen LogP contribution in [0.4, 0.5) is 11.4 Å². The van der Waals surface area contributed by atoms with E-state index in [4.69, 9.17) is 0 Å². The summed E-state index contributed by atoms with van der Waals surface area (Å²) in [6.07, 6.45) is 6.43. The lowest BCUT2D eigenvalue weighted by molar-refractivity contribution is -0.114. The minimum atomic E-state index is -0.131. The van der Waals surface area contributed by atoms with Crippen LogP contribution in [0.5, 0.6) is 0 Å². The summed E-state index contributed by atoms with van der Waals surface area (Å²) in [5.41, 5.74) is 5.94. The third-order valence-electron chi connectivity index (χ3n) is 3.98. The van der Waals surface area contributed by atoms with Gasteiger partial charge in [0.05, 0.1) is 11.4 Å². The van der Waals surface area contributed by atoms with E-state index < -0.39 is 0 Å². The monoisotopic (exact) mass is 326 g/mol. The highest BCUT2D eigenvalue weighted by atomic mass is 16.2. The van der Waals surface area contributed by atoms with Crippen molar-refractivity contribution >= 4 is 23.2 Å². The van der Waals surface area contributed by atoms with E-state index in [1.165, 1.54) is 12.2 Å². The molecule has 2 aromatic carbocycles. The van der Waals surface area contributed by atoms with Gasteiger partial charge >= 0.3 is 0 Å². The smallest absolute Gasteiger partial charge is 0.256 e. The van der Waals surface area contributed by atoms with Crippen LogP contribution in [0.3, 0.4) is 0 Å². The van der Waals surface area contributed by atoms with E-state index in [1.807, 2.05) is 60.7 Å². The molecule has 0 spiro atoms. The van der Waals surface area contributed by atoms with Crippen molar-refractivity contribution in [1.29, 1.82) is 0 Å². The summed E-state index contributed by atoms with van der Waals surface area (Å²) in [4.78, 5) is 27.6. The predicted molar refractivity (Wildman–Crippen MR) is 96.7 cm³/mol. The Labute approximate surface area is 145 Å². The fourth-order valence-corrected chi connectivity index (χ4v) is 2.85. The summed E-state index contributed by atoms with van der Waals surface area (Å²) in [6.45, 7) is 0. The van der Waals surface area contributed by atoms with E-state index in [0.717, 1.165) is 11.4 Å². The van der Waals surface area contributed by atoms with Gasteiger partial charge in [0.15, 0.2) is 0 Å². The van der Waals surface area contributed by atoms with Crippen molar-refractivity contribution in [2.45, 2.75) is 0 Å². The van der Waals surface area contributed by atoms with Crippen LogP contribution in [0.1, 0.15) is 0 Å². The molecule has 0 unspecified atom stereocenters. The summed E-state index contributed by atoms with van der Waals surface area (Å²) in [7, 11) is 0. The number of hydrogen-bond acceptors (Lipinski definition) is 2. The summed E-state index contributed by atoms with van der Waals surface area (Å²) < 4.78 is 0. The van der Waals surface area contributed by atoms with E-state index in [-0.39, 0.29) is 11.8 Å². The van der Waals surface area contributed by atoms with Gasteiger partial charge in [-0.15, -0.1) is 0 Å². The molecule has 0 saturated carbocycles. The van der Waals surface area contributed by atoms with Crippen molar-refractivity contribution in [2.75, 3.05) is 9.80 Å². The maximum Gasteiger partial charge on any atom is 0.256 e. The Bertz CT molecular complexity index is 888. The van der Waals surface area contributed by atoms with Gasteiger partial charge in [-0.2, -0.15) is 0 Å². The normalized spacial score (nSPS) is 16.2. The number of hydrogen-bond donors (Lipinski definition) is 0. The van der Waals surface area contributed by atoms with Gasteiger partial charge < -0.3 is 0 Å². The molecule has 25 heavy (non-hydrogen) atoms. The zero-order valence-corrected chi connectivity index (χ0v) is 13.3. The molecule has 4 heteroatoms. The van der Waals surface area contributed by atoms with Crippen LogP contribution in [0.15, 0.2) is 102 Å². The lowest BCUT2D eigenvalue weighted by Gasteiger charge is -2.19. The summed E-state index contributed by atoms with van der Waals surface area (Å²) >= 11 is 0. The third-order valence-corrected chi connectivity index (χ3v) is 3.98. The SMILES string of the molecule is O=C1C=CC(=C=C2C=CC(=O)N2c2ccccc2)N1c1ccccc1. The van der Waals surface area contributed by atoms with Gasteiger partial charge in [0.1, 0.15) is 0 Å². The number of para-hydroxylation sites is 2. The third kappa shape index (κ3) is 2.71. The van der Waals surface area contributed by atoms with Crippen LogP contribution < -0.4 is 9.80 Å². The second kappa shape index (κ2) is 6.11.